The first-order valence-electron chi connectivity index (χ1n) is 7.62. The summed E-state index contributed by atoms with van der Waals surface area (Å²) in [6.45, 7) is 0.587. The molecule has 0 aliphatic rings. The first kappa shape index (κ1) is 17.5. The second-order valence-corrected chi connectivity index (χ2v) is 6.19. The van der Waals surface area contributed by atoms with E-state index in [0.717, 1.165) is 0 Å². The van der Waals surface area contributed by atoms with Crippen LogP contribution in [0.4, 0.5) is 0 Å². The van der Waals surface area contributed by atoms with Crippen molar-refractivity contribution in [3.05, 3.63) is 74.8 Å². The van der Waals surface area contributed by atoms with Crippen LogP contribution in [0, 0.1) is 0 Å². The maximum absolute atomic E-state index is 12.3. The van der Waals surface area contributed by atoms with Gasteiger partial charge in [-0.3, -0.25) is 9.36 Å². The number of nitrogens with zero attached hydrogens (tertiary/aromatic N) is 2. The number of fused-ring (bicyclic) bond motifs is 1. The molecule has 0 saturated heterocycles. The highest BCUT2D eigenvalue weighted by Gasteiger charge is 2.09. The number of para-hydroxylation sites is 1. The van der Waals surface area contributed by atoms with Crippen molar-refractivity contribution in [3.63, 3.8) is 0 Å². The van der Waals surface area contributed by atoms with Gasteiger partial charge in [-0.25, -0.2) is 9.78 Å². The highest BCUT2D eigenvalue weighted by molar-refractivity contribution is 6.42. The molecule has 7 heteroatoms. The molecule has 0 fully saturated rings. The summed E-state index contributed by atoms with van der Waals surface area (Å²) in [5.41, 5.74) is 0.884. The third kappa shape index (κ3) is 4.00. The molecule has 0 bridgehead atoms. The van der Waals surface area contributed by atoms with Crippen LogP contribution in [0.3, 0.4) is 0 Å². The Morgan fingerprint density at radius 3 is 2.72 bits per heavy atom. The Hall–Kier alpha value is -2.37. The molecule has 0 aliphatic carbocycles. The Bertz CT molecular complexity index is 985. The van der Waals surface area contributed by atoms with Gasteiger partial charge >= 0.3 is 5.97 Å². The van der Waals surface area contributed by atoms with Crippen LogP contribution in [-0.2, 0) is 11.3 Å². The fourth-order valence-corrected chi connectivity index (χ4v) is 2.67. The van der Waals surface area contributed by atoms with Gasteiger partial charge in [-0.2, -0.15) is 0 Å². The molecule has 1 aromatic heterocycles. The largest absolute Gasteiger partial charge is 0.462 e. The summed E-state index contributed by atoms with van der Waals surface area (Å²) in [5, 5.41) is 1.24. The summed E-state index contributed by atoms with van der Waals surface area (Å²) in [4.78, 5) is 28.5. The molecular formula is C18H14Cl2N2O3. The van der Waals surface area contributed by atoms with Crippen molar-refractivity contribution in [1.29, 1.82) is 0 Å². The van der Waals surface area contributed by atoms with Gasteiger partial charge in [0.25, 0.3) is 5.56 Å². The van der Waals surface area contributed by atoms with Gasteiger partial charge in [0, 0.05) is 6.54 Å². The van der Waals surface area contributed by atoms with E-state index in [1.54, 1.807) is 30.3 Å². The zero-order chi connectivity index (χ0) is 17.8. The van der Waals surface area contributed by atoms with Crippen molar-refractivity contribution in [3.8, 4) is 0 Å². The number of halogens is 2. The Labute approximate surface area is 153 Å². The first-order valence-corrected chi connectivity index (χ1v) is 8.38. The molecule has 2 aromatic carbocycles. The van der Waals surface area contributed by atoms with E-state index in [1.807, 2.05) is 6.07 Å². The molecule has 0 aliphatic heterocycles. The standard InChI is InChI=1S/C18H14Cl2N2O3/c19-14-7-6-12(10-15(14)20)18(24)25-9-3-8-22-11-21-16-5-2-1-4-13(16)17(22)23/h1-2,4-7,10-11H,3,8-9H2. The molecule has 0 spiro atoms. The van der Waals surface area contributed by atoms with Gasteiger partial charge in [-0.05, 0) is 36.8 Å². The maximum atomic E-state index is 12.3. The normalized spacial score (nSPS) is 10.8. The SMILES string of the molecule is O=C(OCCCn1cnc2ccccc2c1=O)c1ccc(Cl)c(Cl)c1. The van der Waals surface area contributed by atoms with Gasteiger partial charge < -0.3 is 4.74 Å². The number of hydrogen-bond donors (Lipinski definition) is 0. The Morgan fingerprint density at radius 1 is 1.12 bits per heavy atom. The lowest BCUT2D eigenvalue weighted by Crippen LogP contribution is -2.21. The van der Waals surface area contributed by atoms with E-state index in [2.05, 4.69) is 4.98 Å². The van der Waals surface area contributed by atoms with Crippen LogP contribution < -0.4 is 5.56 Å². The molecule has 128 valence electrons. The summed E-state index contributed by atoms with van der Waals surface area (Å²) in [5.74, 6) is -0.484. The molecule has 1 heterocycles. The number of carbonyl (C=O) groups excluding carboxylic acids is 1. The summed E-state index contributed by atoms with van der Waals surface area (Å²) < 4.78 is 6.70. The van der Waals surface area contributed by atoms with Crippen LogP contribution in [0.25, 0.3) is 10.9 Å². The van der Waals surface area contributed by atoms with Crippen LogP contribution in [0.2, 0.25) is 10.0 Å². The molecular weight excluding hydrogens is 363 g/mol. The van der Waals surface area contributed by atoms with Crippen molar-refractivity contribution in [2.75, 3.05) is 6.61 Å². The zero-order valence-electron chi connectivity index (χ0n) is 13.1. The van der Waals surface area contributed by atoms with E-state index in [1.165, 1.54) is 17.0 Å². The van der Waals surface area contributed by atoms with Gasteiger partial charge in [-0.15, -0.1) is 0 Å². The Morgan fingerprint density at radius 2 is 1.92 bits per heavy atom. The number of rotatable bonds is 5. The van der Waals surface area contributed by atoms with Gasteiger partial charge in [0.05, 0.1) is 39.4 Å². The fourth-order valence-electron chi connectivity index (χ4n) is 2.37. The second kappa shape index (κ2) is 7.68. The van der Waals surface area contributed by atoms with Crippen LogP contribution in [0.15, 0.2) is 53.6 Å². The summed E-state index contributed by atoms with van der Waals surface area (Å²) in [6.07, 6.45) is 2.00. The van der Waals surface area contributed by atoms with Gasteiger partial charge in [-0.1, -0.05) is 35.3 Å². The number of esters is 1. The Balaban J connectivity index is 1.58. The molecule has 0 atom stereocenters. The number of carbonyl (C=O) groups is 1. The topological polar surface area (TPSA) is 61.2 Å². The number of ether oxygens (including phenoxy) is 1. The van der Waals surface area contributed by atoms with Gasteiger partial charge in [0.1, 0.15) is 0 Å². The van der Waals surface area contributed by atoms with Crippen molar-refractivity contribution >= 4 is 40.1 Å². The zero-order valence-corrected chi connectivity index (χ0v) is 14.6. The van der Waals surface area contributed by atoms with E-state index in [9.17, 15) is 9.59 Å². The van der Waals surface area contributed by atoms with Crippen LogP contribution in [0.1, 0.15) is 16.8 Å². The first-order chi connectivity index (χ1) is 12.1. The Kier molecular flexibility index (Phi) is 5.36. The smallest absolute Gasteiger partial charge is 0.338 e. The lowest BCUT2D eigenvalue weighted by molar-refractivity contribution is 0.0495. The average Bonchev–Trinajstić information content (AvgIpc) is 2.62. The quantitative estimate of drug-likeness (QED) is 0.499. The minimum atomic E-state index is -0.484. The van der Waals surface area contributed by atoms with Crippen LogP contribution in [0.5, 0.6) is 0 Å². The van der Waals surface area contributed by atoms with Crippen molar-refractivity contribution in [2.45, 2.75) is 13.0 Å². The molecule has 0 saturated carbocycles. The fraction of sp³-hybridized carbons (Fsp3) is 0.167. The molecule has 5 nitrogen and oxygen atoms in total. The minimum absolute atomic E-state index is 0.110. The summed E-state index contributed by atoms with van der Waals surface area (Å²) in [6, 6.07) is 11.7. The molecule has 3 rings (SSSR count). The monoisotopic (exact) mass is 376 g/mol. The van der Waals surface area contributed by atoms with Crippen LogP contribution in [-0.4, -0.2) is 22.1 Å². The second-order valence-electron chi connectivity index (χ2n) is 5.38. The molecule has 3 aromatic rings. The third-order valence-electron chi connectivity index (χ3n) is 3.66. The highest BCUT2D eigenvalue weighted by atomic mass is 35.5. The molecule has 0 amide bonds. The van der Waals surface area contributed by atoms with E-state index >= 15 is 0 Å². The van der Waals surface area contributed by atoms with Crippen molar-refractivity contribution in [1.82, 2.24) is 9.55 Å². The predicted octanol–water partition coefficient (Wildman–Crippen LogP) is 3.95. The van der Waals surface area contributed by atoms with E-state index < -0.39 is 5.97 Å². The number of benzene rings is 2. The van der Waals surface area contributed by atoms with E-state index in [4.69, 9.17) is 27.9 Å². The molecule has 0 unspecified atom stereocenters. The van der Waals surface area contributed by atoms with Crippen LogP contribution >= 0.6 is 23.2 Å². The average molecular weight is 377 g/mol. The molecule has 0 radical (unpaired) electrons. The summed E-state index contributed by atoms with van der Waals surface area (Å²) >= 11 is 11.7. The number of hydrogen-bond acceptors (Lipinski definition) is 4. The van der Waals surface area contributed by atoms with Gasteiger partial charge in [0.15, 0.2) is 0 Å². The summed E-state index contributed by atoms with van der Waals surface area (Å²) in [7, 11) is 0. The molecule has 25 heavy (non-hydrogen) atoms. The highest BCUT2D eigenvalue weighted by Crippen LogP contribution is 2.22. The predicted molar refractivity (Wildman–Crippen MR) is 97.4 cm³/mol. The number of aromatic nitrogens is 2. The minimum Gasteiger partial charge on any atom is -0.462 e. The lowest BCUT2D eigenvalue weighted by Gasteiger charge is -2.08. The molecule has 0 N–H and O–H groups in total. The van der Waals surface area contributed by atoms with Crippen molar-refractivity contribution in [2.24, 2.45) is 0 Å². The third-order valence-corrected chi connectivity index (χ3v) is 4.40. The van der Waals surface area contributed by atoms with Gasteiger partial charge in [0.2, 0.25) is 0 Å². The number of aryl methyl sites for hydroxylation is 1. The maximum Gasteiger partial charge on any atom is 0.338 e. The van der Waals surface area contributed by atoms with E-state index in [-0.39, 0.29) is 12.2 Å². The van der Waals surface area contributed by atoms with Crippen molar-refractivity contribution < 1.29 is 9.53 Å². The lowest BCUT2D eigenvalue weighted by atomic mass is 10.2. The van der Waals surface area contributed by atoms with E-state index in [0.29, 0.717) is 39.5 Å².